The molecule has 0 amide bonds. The fourth-order valence-corrected chi connectivity index (χ4v) is 5.40. The molecule has 2 aliphatic carbocycles. The van der Waals surface area contributed by atoms with Crippen LogP contribution in [0.15, 0.2) is 35.5 Å². The summed E-state index contributed by atoms with van der Waals surface area (Å²) in [6.07, 6.45) is 0.808. The van der Waals surface area contributed by atoms with Crippen molar-refractivity contribution < 1.29 is 10.2 Å². The molecule has 1 aromatic carbocycles. The molecule has 0 radical (unpaired) electrons. The van der Waals surface area contributed by atoms with E-state index < -0.39 is 18.2 Å². The highest BCUT2D eigenvalue weighted by molar-refractivity contribution is 7.99. The molecule has 2 aromatic heterocycles. The predicted octanol–water partition coefficient (Wildman–Crippen LogP) is 2.34. The second-order valence-corrected chi connectivity index (χ2v) is 9.92. The second kappa shape index (κ2) is 9.54. The molecule has 5 rings (SSSR count). The summed E-state index contributed by atoms with van der Waals surface area (Å²) < 4.78 is 1.67. The van der Waals surface area contributed by atoms with Crippen molar-refractivity contribution in [2.75, 3.05) is 17.6 Å². The number of aromatic nitrogens is 5. The van der Waals surface area contributed by atoms with Crippen LogP contribution in [0.2, 0.25) is 0 Å². The number of fused-ring (bicyclic) bond motifs is 1. The number of nitrogens with zero attached hydrogens (tertiary/aromatic N) is 5. The molecule has 0 saturated heterocycles. The first-order valence-corrected chi connectivity index (χ1v) is 12.8. The molecule has 2 unspecified atom stereocenters. The Morgan fingerprint density at radius 2 is 1.88 bits per heavy atom. The van der Waals surface area contributed by atoms with Crippen molar-refractivity contribution >= 4 is 28.7 Å². The number of rotatable bonds is 9. The van der Waals surface area contributed by atoms with E-state index in [-0.39, 0.29) is 12.1 Å². The zero-order valence-electron chi connectivity index (χ0n) is 18.9. The van der Waals surface area contributed by atoms with E-state index in [1.165, 1.54) is 5.56 Å². The molecule has 2 saturated carbocycles. The topological polar surface area (TPSA) is 121 Å². The minimum atomic E-state index is -0.942. The van der Waals surface area contributed by atoms with E-state index in [1.54, 1.807) is 16.4 Å². The summed E-state index contributed by atoms with van der Waals surface area (Å²) in [5.74, 6) is 2.05. The Hall–Kier alpha value is -2.27. The summed E-state index contributed by atoms with van der Waals surface area (Å²) in [7, 11) is 0. The number of thioether (sulfide) groups is 1. The van der Waals surface area contributed by atoms with Gasteiger partial charge in [0.05, 0.1) is 12.1 Å². The van der Waals surface area contributed by atoms with Gasteiger partial charge in [0.25, 0.3) is 0 Å². The Morgan fingerprint density at radius 1 is 1.06 bits per heavy atom. The molecule has 0 aliphatic heterocycles. The number of hydrogen-bond acceptors (Lipinski definition) is 9. The molecule has 0 spiro atoms. The molecule has 2 heterocycles. The lowest BCUT2D eigenvalue weighted by molar-refractivity contribution is 0.0123. The first-order valence-electron chi connectivity index (χ1n) is 11.8. The van der Waals surface area contributed by atoms with Crippen LogP contribution in [-0.4, -0.2) is 71.8 Å². The Balaban J connectivity index is 1.45. The first-order chi connectivity index (χ1) is 16.1. The third-order valence-corrected chi connectivity index (χ3v) is 7.56. The van der Waals surface area contributed by atoms with E-state index in [2.05, 4.69) is 52.1 Å². The molecule has 9 nitrogen and oxygen atoms in total. The summed E-state index contributed by atoms with van der Waals surface area (Å²) in [6.45, 7) is 4.83. The molecule has 3 aromatic rings. The van der Waals surface area contributed by atoms with Crippen LogP contribution in [0.25, 0.3) is 11.2 Å². The van der Waals surface area contributed by atoms with Crippen LogP contribution in [0.3, 0.4) is 0 Å². The lowest BCUT2D eigenvalue weighted by Crippen LogP contribution is -2.39. The normalized spacial score (nSPS) is 29.0. The van der Waals surface area contributed by atoms with Crippen LogP contribution in [0, 0.1) is 0 Å². The highest BCUT2D eigenvalue weighted by Crippen LogP contribution is 2.43. The van der Waals surface area contributed by atoms with E-state index in [0.29, 0.717) is 34.5 Å². The van der Waals surface area contributed by atoms with E-state index in [9.17, 15) is 10.2 Å². The summed E-state index contributed by atoms with van der Waals surface area (Å²) in [6, 6.07) is 10.2. The van der Waals surface area contributed by atoms with Gasteiger partial charge in [-0.2, -0.15) is 0 Å². The van der Waals surface area contributed by atoms with Crippen LogP contribution in [0.5, 0.6) is 0 Å². The van der Waals surface area contributed by atoms with Gasteiger partial charge in [0.15, 0.2) is 22.1 Å². The van der Waals surface area contributed by atoms with Crippen LogP contribution < -0.4 is 10.6 Å². The molecule has 6 atom stereocenters. The van der Waals surface area contributed by atoms with Gasteiger partial charge in [-0.05, 0) is 31.4 Å². The Bertz CT molecular complexity index is 1100. The van der Waals surface area contributed by atoms with Crippen LogP contribution in [0.4, 0.5) is 5.82 Å². The number of benzene rings is 1. The molecule has 10 heteroatoms. The van der Waals surface area contributed by atoms with Crippen molar-refractivity contribution in [2.45, 2.75) is 74.5 Å². The monoisotopic (exact) mass is 469 g/mol. The smallest absolute Gasteiger partial charge is 0.191 e. The molecule has 2 aliphatic rings. The average molecular weight is 470 g/mol. The van der Waals surface area contributed by atoms with Crippen molar-refractivity contribution in [1.29, 1.82) is 0 Å². The molecular formula is C23H31N7O2S. The number of hydrogen-bond donors (Lipinski definition) is 4. The SMILES string of the molecule is CCCSc1nc(NC2CC2c2ccccc2)c2nnn([C@H]3C[C@@H](NCC)[C@H](O)[C@@H]3O)c2n1. The summed E-state index contributed by atoms with van der Waals surface area (Å²) in [4.78, 5) is 9.52. The van der Waals surface area contributed by atoms with Gasteiger partial charge in [0, 0.05) is 23.8 Å². The lowest BCUT2D eigenvalue weighted by atomic mass is 10.1. The van der Waals surface area contributed by atoms with Crippen LogP contribution in [-0.2, 0) is 0 Å². The van der Waals surface area contributed by atoms with Gasteiger partial charge in [-0.25, -0.2) is 14.6 Å². The van der Waals surface area contributed by atoms with E-state index in [4.69, 9.17) is 9.97 Å². The zero-order chi connectivity index (χ0) is 22.9. The molecule has 2 fully saturated rings. The number of aliphatic hydroxyl groups excluding tert-OH is 2. The highest BCUT2D eigenvalue weighted by Gasteiger charge is 2.44. The van der Waals surface area contributed by atoms with Crippen molar-refractivity contribution in [3.63, 3.8) is 0 Å². The van der Waals surface area contributed by atoms with Gasteiger partial charge >= 0.3 is 0 Å². The molecule has 33 heavy (non-hydrogen) atoms. The third kappa shape index (κ3) is 4.44. The minimum Gasteiger partial charge on any atom is -0.389 e. The molecule has 0 bridgehead atoms. The lowest BCUT2D eigenvalue weighted by Gasteiger charge is -2.17. The van der Waals surface area contributed by atoms with Gasteiger partial charge in [0.2, 0.25) is 0 Å². The number of likely N-dealkylation sites (N-methyl/N-ethyl adjacent to an activating group) is 1. The fourth-order valence-electron chi connectivity index (χ4n) is 4.71. The largest absolute Gasteiger partial charge is 0.389 e. The van der Waals surface area contributed by atoms with Gasteiger partial charge in [0.1, 0.15) is 6.10 Å². The highest BCUT2D eigenvalue weighted by atomic mass is 32.2. The third-order valence-electron chi connectivity index (χ3n) is 6.51. The number of nitrogens with one attached hydrogen (secondary N) is 2. The second-order valence-electron chi connectivity index (χ2n) is 8.86. The van der Waals surface area contributed by atoms with E-state index in [0.717, 1.165) is 25.1 Å². The molecule has 4 N–H and O–H groups in total. The predicted molar refractivity (Wildman–Crippen MR) is 128 cm³/mol. The van der Waals surface area contributed by atoms with Crippen molar-refractivity contribution in [2.24, 2.45) is 0 Å². The van der Waals surface area contributed by atoms with Gasteiger partial charge in [-0.15, -0.1) is 5.10 Å². The maximum absolute atomic E-state index is 10.7. The molecule has 176 valence electrons. The average Bonchev–Trinajstić information content (AvgIpc) is 3.39. The van der Waals surface area contributed by atoms with Crippen molar-refractivity contribution in [1.82, 2.24) is 30.3 Å². The van der Waals surface area contributed by atoms with Crippen LogP contribution in [0.1, 0.15) is 50.6 Å². The molecular weight excluding hydrogens is 438 g/mol. The number of anilines is 1. The maximum Gasteiger partial charge on any atom is 0.191 e. The standard InChI is InChI=1S/C23H31N7O2S/c1-3-10-33-23-26-21(25-15-11-14(15)13-8-6-5-7-9-13)18-22(27-23)30(29-28-18)17-12-16(24-4-2)19(31)20(17)32/h5-9,14-17,19-20,24,31-32H,3-4,10-12H2,1-2H3,(H,25,26,27)/t14?,15?,16-,17+,19+,20-/m1/s1. The quantitative estimate of drug-likeness (QED) is 0.276. The Kier molecular flexibility index (Phi) is 6.51. The summed E-state index contributed by atoms with van der Waals surface area (Å²) in [5, 5.41) is 37.5. The van der Waals surface area contributed by atoms with Gasteiger partial charge < -0.3 is 20.8 Å². The van der Waals surface area contributed by atoms with Crippen molar-refractivity contribution in [3.05, 3.63) is 35.9 Å². The van der Waals surface area contributed by atoms with E-state index >= 15 is 0 Å². The first kappa shape index (κ1) is 22.5. The van der Waals surface area contributed by atoms with Gasteiger partial charge in [-0.1, -0.05) is 61.2 Å². The fraction of sp³-hybridized carbons (Fsp3) is 0.565. The summed E-state index contributed by atoms with van der Waals surface area (Å²) in [5.41, 5.74) is 2.52. The zero-order valence-corrected chi connectivity index (χ0v) is 19.7. The number of aliphatic hydroxyl groups is 2. The van der Waals surface area contributed by atoms with Crippen molar-refractivity contribution in [3.8, 4) is 0 Å². The van der Waals surface area contributed by atoms with Gasteiger partial charge in [-0.3, -0.25) is 0 Å². The summed E-state index contributed by atoms with van der Waals surface area (Å²) >= 11 is 1.60. The Morgan fingerprint density at radius 3 is 2.64 bits per heavy atom. The minimum absolute atomic E-state index is 0.194. The van der Waals surface area contributed by atoms with E-state index in [1.807, 2.05) is 13.0 Å². The Labute approximate surface area is 197 Å². The maximum atomic E-state index is 10.7. The van der Waals surface area contributed by atoms with Crippen LogP contribution >= 0.6 is 11.8 Å².